The summed E-state index contributed by atoms with van der Waals surface area (Å²) in [6.07, 6.45) is -3.91. The standard InChI is InChI=1S/C6HClF3N3/c7-4-3(1-11)2-12-5(13-4)6(8,9)10/h2H. The van der Waals surface area contributed by atoms with E-state index in [9.17, 15) is 13.2 Å². The molecule has 0 aliphatic heterocycles. The second kappa shape index (κ2) is 3.18. The smallest absolute Gasteiger partial charge is 0.231 e. The summed E-state index contributed by atoms with van der Waals surface area (Å²) in [5, 5.41) is 7.82. The van der Waals surface area contributed by atoms with Gasteiger partial charge < -0.3 is 0 Å². The van der Waals surface area contributed by atoms with Crippen LogP contribution in [0.1, 0.15) is 11.4 Å². The molecule has 0 aliphatic rings. The molecular formula is C6HClF3N3. The molecule has 0 fully saturated rings. The Bertz CT molecular complexity index is 368. The molecule has 0 atom stereocenters. The Morgan fingerprint density at radius 2 is 2.08 bits per heavy atom. The molecule has 0 aliphatic carbocycles. The van der Waals surface area contributed by atoms with E-state index in [0.29, 0.717) is 0 Å². The van der Waals surface area contributed by atoms with Gasteiger partial charge in [-0.3, -0.25) is 0 Å². The molecule has 0 saturated carbocycles. The maximum absolute atomic E-state index is 11.9. The summed E-state index contributed by atoms with van der Waals surface area (Å²) in [6.45, 7) is 0. The molecule has 68 valence electrons. The zero-order valence-corrected chi connectivity index (χ0v) is 6.69. The number of nitriles is 1. The van der Waals surface area contributed by atoms with Crippen LogP contribution in [-0.4, -0.2) is 9.97 Å². The Balaban J connectivity index is 3.20. The van der Waals surface area contributed by atoms with E-state index in [4.69, 9.17) is 16.9 Å². The minimum Gasteiger partial charge on any atom is -0.231 e. The molecule has 1 rings (SSSR count). The molecular weight excluding hydrogens is 207 g/mol. The number of aromatic nitrogens is 2. The minimum absolute atomic E-state index is 0.185. The van der Waals surface area contributed by atoms with Crippen molar-refractivity contribution in [3.8, 4) is 6.07 Å². The molecule has 0 radical (unpaired) electrons. The van der Waals surface area contributed by atoms with Crippen molar-refractivity contribution >= 4 is 11.6 Å². The number of nitrogens with zero attached hydrogens (tertiary/aromatic N) is 3. The van der Waals surface area contributed by atoms with Gasteiger partial charge in [0.1, 0.15) is 11.6 Å². The van der Waals surface area contributed by atoms with Crippen molar-refractivity contribution < 1.29 is 13.2 Å². The zero-order valence-electron chi connectivity index (χ0n) is 5.93. The lowest BCUT2D eigenvalue weighted by Crippen LogP contribution is -2.11. The van der Waals surface area contributed by atoms with Crippen LogP contribution < -0.4 is 0 Å². The second-order valence-corrected chi connectivity index (χ2v) is 2.37. The summed E-state index contributed by atoms with van der Waals surface area (Å²) in [7, 11) is 0. The first-order valence-electron chi connectivity index (χ1n) is 2.95. The number of rotatable bonds is 0. The van der Waals surface area contributed by atoms with Crippen molar-refractivity contribution in [2.24, 2.45) is 0 Å². The fraction of sp³-hybridized carbons (Fsp3) is 0.167. The first-order valence-corrected chi connectivity index (χ1v) is 3.33. The molecule has 1 aromatic rings. The van der Waals surface area contributed by atoms with Crippen LogP contribution in [0.5, 0.6) is 0 Å². The first-order chi connectivity index (χ1) is 5.95. The van der Waals surface area contributed by atoms with Gasteiger partial charge in [-0.25, -0.2) is 9.97 Å². The molecule has 1 heterocycles. The highest BCUT2D eigenvalue weighted by Gasteiger charge is 2.35. The van der Waals surface area contributed by atoms with E-state index in [1.54, 1.807) is 6.07 Å². The molecule has 0 N–H and O–H groups in total. The van der Waals surface area contributed by atoms with Gasteiger partial charge in [0.25, 0.3) is 0 Å². The lowest BCUT2D eigenvalue weighted by molar-refractivity contribution is -0.145. The zero-order chi connectivity index (χ0) is 10.1. The van der Waals surface area contributed by atoms with Gasteiger partial charge in [0.05, 0.1) is 6.20 Å². The monoisotopic (exact) mass is 207 g/mol. The molecule has 1 aromatic heterocycles. The summed E-state index contributed by atoms with van der Waals surface area (Å²) in [6, 6.07) is 1.55. The Hall–Kier alpha value is -1.35. The maximum atomic E-state index is 11.9. The van der Waals surface area contributed by atoms with Crippen LogP contribution in [0, 0.1) is 11.3 Å². The predicted molar refractivity (Wildman–Crippen MR) is 36.8 cm³/mol. The highest BCUT2D eigenvalue weighted by molar-refractivity contribution is 6.30. The molecule has 0 bridgehead atoms. The Labute approximate surface area is 75.8 Å². The third-order valence-corrected chi connectivity index (χ3v) is 1.40. The van der Waals surface area contributed by atoms with Crippen molar-refractivity contribution in [3.63, 3.8) is 0 Å². The second-order valence-electron chi connectivity index (χ2n) is 2.01. The summed E-state index contributed by atoms with van der Waals surface area (Å²) in [5.41, 5.74) is -0.185. The average molecular weight is 208 g/mol. The van der Waals surface area contributed by atoms with E-state index in [-0.39, 0.29) is 5.56 Å². The van der Waals surface area contributed by atoms with Gasteiger partial charge in [-0.1, -0.05) is 11.6 Å². The largest absolute Gasteiger partial charge is 0.451 e. The number of hydrogen-bond acceptors (Lipinski definition) is 3. The van der Waals surface area contributed by atoms with Gasteiger partial charge in [0.15, 0.2) is 5.15 Å². The summed E-state index contributed by atoms with van der Waals surface area (Å²) in [4.78, 5) is 5.86. The topological polar surface area (TPSA) is 49.6 Å². The van der Waals surface area contributed by atoms with Gasteiger partial charge in [-0.15, -0.1) is 0 Å². The van der Waals surface area contributed by atoms with Gasteiger partial charge >= 0.3 is 6.18 Å². The van der Waals surface area contributed by atoms with Crippen molar-refractivity contribution in [2.45, 2.75) is 6.18 Å². The van der Waals surface area contributed by atoms with Crippen LogP contribution >= 0.6 is 11.6 Å². The van der Waals surface area contributed by atoms with Crippen LogP contribution in [0.3, 0.4) is 0 Å². The minimum atomic E-state index is -4.64. The fourth-order valence-electron chi connectivity index (χ4n) is 0.573. The van der Waals surface area contributed by atoms with Crippen LogP contribution in [0.15, 0.2) is 6.20 Å². The third kappa shape index (κ3) is 2.06. The molecule has 3 nitrogen and oxygen atoms in total. The normalized spacial score (nSPS) is 11.0. The summed E-state index contributed by atoms with van der Waals surface area (Å²) >= 11 is 5.26. The number of alkyl halides is 3. The van der Waals surface area contributed by atoms with Crippen LogP contribution in [-0.2, 0) is 6.18 Å². The van der Waals surface area contributed by atoms with Crippen molar-refractivity contribution in [2.75, 3.05) is 0 Å². The fourth-order valence-corrected chi connectivity index (χ4v) is 0.744. The quantitative estimate of drug-likeness (QED) is 0.612. The molecule has 0 aromatic carbocycles. The van der Waals surface area contributed by atoms with E-state index in [2.05, 4.69) is 9.97 Å². The van der Waals surface area contributed by atoms with E-state index >= 15 is 0 Å². The number of hydrogen-bond donors (Lipinski definition) is 0. The van der Waals surface area contributed by atoms with Crippen molar-refractivity contribution in [1.29, 1.82) is 5.26 Å². The maximum Gasteiger partial charge on any atom is 0.451 e. The van der Waals surface area contributed by atoms with Gasteiger partial charge in [-0.05, 0) is 0 Å². The lowest BCUT2D eigenvalue weighted by atomic mass is 10.4. The van der Waals surface area contributed by atoms with E-state index in [0.717, 1.165) is 6.20 Å². The van der Waals surface area contributed by atoms with E-state index in [1.807, 2.05) is 0 Å². The average Bonchev–Trinajstić information content (AvgIpc) is 2.02. The predicted octanol–water partition coefficient (Wildman–Crippen LogP) is 2.02. The molecule has 13 heavy (non-hydrogen) atoms. The third-order valence-electron chi connectivity index (χ3n) is 1.12. The molecule has 0 unspecified atom stereocenters. The van der Waals surface area contributed by atoms with E-state index in [1.165, 1.54) is 0 Å². The SMILES string of the molecule is N#Cc1cnc(C(F)(F)F)nc1Cl. The molecule has 7 heteroatoms. The lowest BCUT2D eigenvalue weighted by Gasteiger charge is -2.03. The van der Waals surface area contributed by atoms with Gasteiger partial charge in [0, 0.05) is 0 Å². The van der Waals surface area contributed by atoms with Gasteiger partial charge in [-0.2, -0.15) is 18.4 Å². The van der Waals surface area contributed by atoms with E-state index < -0.39 is 17.2 Å². The molecule has 0 amide bonds. The highest BCUT2D eigenvalue weighted by Crippen LogP contribution is 2.27. The summed E-state index contributed by atoms with van der Waals surface area (Å²) in [5.74, 6) is -1.35. The van der Waals surface area contributed by atoms with Crippen molar-refractivity contribution in [3.05, 3.63) is 22.7 Å². The highest BCUT2D eigenvalue weighted by atomic mass is 35.5. The Kier molecular flexibility index (Phi) is 2.38. The number of halogens is 4. The molecule has 0 saturated heterocycles. The Morgan fingerprint density at radius 3 is 2.46 bits per heavy atom. The Morgan fingerprint density at radius 1 is 1.46 bits per heavy atom. The molecule has 0 spiro atoms. The van der Waals surface area contributed by atoms with Crippen LogP contribution in [0.25, 0.3) is 0 Å². The van der Waals surface area contributed by atoms with Crippen LogP contribution in [0.2, 0.25) is 5.15 Å². The van der Waals surface area contributed by atoms with Crippen LogP contribution in [0.4, 0.5) is 13.2 Å². The first kappa shape index (κ1) is 9.74. The van der Waals surface area contributed by atoms with Gasteiger partial charge in [0.2, 0.25) is 5.82 Å². The van der Waals surface area contributed by atoms with Crippen molar-refractivity contribution in [1.82, 2.24) is 9.97 Å². The summed E-state index contributed by atoms with van der Waals surface area (Å²) < 4.78 is 35.8.